The van der Waals surface area contributed by atoms with E-state index in [1.54, 1.807) is 17.0 Å². The van der Waals surface area contributed by atoms with Crippen LogP contribution in [0.5, 0.6) is 0 Å². The van der Waals surface area contributed by atoms with E-state index < -0.39 is 12.1 Å². The lowest BCUT2D eigenvalue weighted by Gasteiger charge is -2.35. The number of anilines is 1. The molecule has 3 heterocycles. The SMILES string of the molecule is N#Cc1ccc(N2CCN(C(=O)CC[C@H]3NC(=O)NC3=O)CC2)nc1. The Morgan fingerprint density at radius 2 is 2.04 bits per heavy atom. The molecule has 0 bridgehead atoms. The summed E-state index contributed by atoms with van der Waals surface area (Å²) in [5.74, 6) is 0.382. The van der Waals surface area contributed by atoms with Gasteiger partial charge in [0.2, 0.25) is 5.91 Å². The van der Waals surface area contributed by atoms with Crippen molar-refractivity contribution < 1.29 is 14.4 Å². The number of urea groups is 1. The number of imide groups is 1. The minimum Gasteiger partial charge on any atom is -0.353 e. The first kappa shape index (κ1) is 16.7. The molecule has 9 heteroatoms. The van der Waals surface area contributed by atoms with Gasteiger partial charge in [-0.25, -0.2) is 9.78 Å². The van der Waals surface area contributed by atoms with Crippen LogP contribution in [0.3, 0.4) is 0 Å². The summed E-state index contributed by atoms with van der Waals surface area (Å²) in [6.45, 7) is 2.46. The van der Waals surface area contributed by atoms with Crippen molar-refractivity contribution in [1.82, 2.24) is 20.5 Å². The van der Waals surface area contributed by atoms with E-state index in [1.807, 2.05) is 6.07 Å². The number of rotatable bonds is 4. The summed E-state index contributed by atoms with van der Waals surface area (Å²) in [5.41, 5.74) is 0.514. The molecule has 0 saturated carbocycles. The summed E-state index contributed by atoms with van der Waals surface area (Å²) in [6, 6.07) is 4.43. The van der Waals surface area contributed by atoms with E-state index in [-0.39, 0.29) is 18.2 Å². The Kier molecular flexibility index (Phi) is 4.79. The summed E-state index contributed by atoms with van der Waals surface area (Å²) < 4.78 is 0. The number of piperazine rings is 1. The Balaban J connectivity index is 1.46. The fourth-order valence-electron chi connectivity index (χ4n) is 2.91. The number of nitriles is 1. The molecule has 0 unspecified atom stereocenters. The van der Waals surface area contributed by atoms with Crippen LogP contribution in [-0.4, -0.2) is 60.0 Å². The van der Waals surface area contributed by atoms with Gasteiger partial charge in [-0.1, -0.05) is 0 Å². The number of pyridine rings is 1. The number of carbonyl (C=O) groups is 3. The molecule has 2 saturated heterocycles. The zero-order valence-electron chi connectivity index (χ0n) is 13.6. The molecule has 2 aliphatic rings. The number of amides is 4. The number of aromatic nitrogens is 1. The Hall–Kier alpha value is -3.15. The average Bonchev–Trinajstić information content (AvgIpc) is 2.97. The maximum atomic E-state index is 12.3. The van der Waals surface area contributed by atoms with Crippen LogP contribution in [-0.2, 0) is 9.59 Å². The molecule has 0 spiro atoms. The van der Waals surface area contributed by atoms with Crippen LogP contribution in [0, 0.1) is 11.3 Å². The standard InChI is InChI=1S/C16H18N6O3/c17-9-11-1-3-13(18-10-11)21-5-7-22(8-6-21)14(23)4-2-12-15(24)20-16(25)19-12/h1,3,10,12H,2,4-8H2,(H2,19,20,24,25)/t12-/m1/s1. The molecule has 2 N–H and O–H groups in total. The number of nitrogens with one attached hydrogen (secondary N) is 2. The predicted molar refractivity (Wildman–Crippen MR) is 87.4 cm³/mol. The average molecular weight is 342 g/mol. The van der Waals surface area contributed by atoms with Crippen molar-refractivity contribution in [2.75, 3.05) is 31.1 Å². The van der Waals surface area contributed by atoms with E-state index in [0.29, 0.717) is 38.2 Å². The fraction of sp³-hybridized carbons (Fsp3) is 0.438. The normalized spacial score (nSPS) is 20.0. The molecule has 1 aromatic heterocycles. The van der Waals surface area contributed by atoms with E-state index in [9.17, 15) is 14.4 Å². The van der Waals surface area contributed by atoms with Crippen molar-refractivity contribution in [3.8, 4) is 6.07 Å². The highest BCUT2D eigenvalue weighted by molar-refractivity contribution is 6.04. The second-order valence-electron chi connectivity index (χ2n) is 5.94. The molecule has 4 amide bonds. The first-order valence-electron chi connectivity index (χ1n) is 8.07. The van der Waals surface area contributed by atoms with Crippen molar-refractivity contribution in [3.63, 3.8) is 0 Å². The van der Waals surface area contributed by atoms with Gasteiger partial charge in [0.25, 0.3) is 5.91 Å². The lowest BCUT2D eigenvalue weighted by Crippen LogP contribution is -2.49. The van der Waals surface area contributed by atoms with Crippen molar-refractivity contribution in [2.45, 2.75) is 18.9 Å². The zero-order valence-corrected chi connectivity index (χ0v) is 13.6. The summed E-state index contributed by atoms with van der Waals surface area (Å²) in [4.78, 5) is 42.9. The molecule has 2 fully saturated rings. The van der Waals surface area contributed by atoms with Gasteiger partial charge >= 0.3 is 6.03 Å². The van der Waals surface area contributed by atoms with Crippen LogP contribution in [0.4, 0.5) is 10.6 Å². The molecule has 0 radical (unpaired) electrons. The number of hydrogen-bond acceptors (Lipinski definition) is 6. The van der Waals surface area contributed by atoms with Gasteiger partial charge in [0.1, 0.15) is 17.9 Å². The van der Waals surface area contributed by atoms with E-state index in [1.165, 1.54) is 6.20 Å². The van der Waals surface area contributed by atoms with Gasteiger partial charge in [0.05, 0.1) is 5.56 Å². The summed E-state index contributed by atoms with van der Waals surface area (Å²) in [6.07, 6.45) is 2.05. The van der Waals surface area contributed by atoms with Gasteiger partial charge < -0.3 is 15.1 Å². The maximum Gasteiger partial charge on any atom is 0.322 e. The van der Waals surface area contributed by atoms with Gasteiger partial charge in [-0.3, -0.25) is 14.9 Å². The minimum atomic E-state index is -0.624. The minimum absolute atomic E-state index is 0.0265. The van der Waals surface area contributed by atoms with Gasteiger partial charge in [-0.05, 0) is 18.6 Å². The van der Waals surface area contributed by atoms with Crippen molar-refractivity contribution in [1.29, 1.82) is 5.26 Å². The molecule has 130 valence electrons. The smallest absolute Gasteiger partial charge is 0.322 e. The number of nitrogens with zero attached hydrogens (tertiary/aromatic N) is 4. The fourth-order valence-corrected chi connectivity index (χ4v) is 2.91. The first-order valence-corrected chi connectivity index (χ1v) is 8.07. The van der Waals surface area contributed by atoms with Crippen LogP contribution in [0.2, 0.25) is 0 Å². The Labute approximate surface area is 144 Å². The molecule has 0 aromatic carbocycles. The van der Waals surface area contributed by atoms with Crippen LogP contribution in [0.15, 0.2) is 18.3 Å². The number of carbonyl (C=O) groups excluding carboxylic acids is 3. The van der Waals surface area contributed by atoms with Crippen molar-refractivity contribution in [2.24, 2.45) is 0 Å². The first-order chi connectivity index (χ1) is 12.1. The lowest BCUT2D eigenvalue weighted by atomic mass is 10.1. The second kappa shape index (κ2) is 7.17. The molecule has 25 heavy (non-hydrogen) atoms. The Morgan fingerprint density at radius 1 is 1.28 bits per heavy atom. The zero-order chi connectivity index (χ0) is 17.8. The third kappa shape index (κ3) is 3.85. The van der Waals surface area contributed by atoms with Crippen LogP contribution >= 0.6 is 0 Å². The van der Waals surface area contributed by atoms with Gasteiger partial charge in [0.15, 0.2) is 0 Å². The molecular formula is C16H18N6O3. The third-order valence-electron chi connectivity index (χ3n) is 4.34. The highest BCUT2D eigenvalue weighted by atomic mass is 16.2. The van der Waals surface area contributed by atoms with Gasteiger partial charge in [-0.15, -0.1) is 0 Å². The molecule has 0 aliphatic carbocycles. The summed E-state index contributed by atoms with van der Waals surface area (Å²) in [7, 11) is 0. The number of hydrogen-bond donors (Lipinski definition) is 2. The predicted octanol–water partition coefficient (Wildman–Crippen LogP) is -0.410. The lowest BCUT2D eigenvalue weighted by molar-refractivity contribution is -0.131. The van der Waals surface area contributed by atoms with Crippen LogP contribution in [0.25, 0.3) is 0 Å². The van der Waals surface area contributed by atoms with E-state index in [0.717, 1.165) is 5.82 Å². The van der Waals surface area contributed by atoms with E-state index in [4.69, 9.17) is 5.26 Å². The monoisotopic (exact) mass is 342 g/mol. The quantitative estimate of drug-likeness (QED) is 0.718. The largest absolute Gasteiger partial charge is 0.353 e. The Bertz CT molecular complexity index is 718. The molecule has 9 nitrogen and oxygen atoms in total. The van der Waals surface area contributed by atoms with Gasteiger partial charge in [0, 0.05) is 38.8 Å². The van der Waals surface area contributed by atoms with Crippen molar-refractivity contribution >= 4 is 23.7 Å². The highest BCUT2D eigenvalue weighted by Gasteiger charge is 2.30. The summed E-state index contributed by atoms with van der Waals surface area (Å²) in [5, 5.41) is 13.4. The van der Waals surface area contributed by atoms with Crippen molar-refractivity contribution in [3.05, 3.63) is 23.9 Å². The van der Waals surface area contributed by atoms with Crippen LogP contribution < -0.4 is 15.5 Å². The molecule has 1 aromatic rings. The molecular weight excluding hydrogens is 324 g/mol. The molecule has 1 atom stereocenters. The molecule has 2 aliphatic heterocycles. The summed E-state index contributed by atoms with van der Waals surface area (Å²) >= 11 is 0. The molecule has 3 rings (SSSR count). The Morgan fingerprint density at radius 3 is 2.60 bits per heavy atom. The van der Waals surface area contributed by atoms with E-state index in [2.05, 4.69) is 20.5 Å². The maximum absolute atomic E-state index is 12.3. The third-order valence-corrected chi connectivity index (χ3v) is 4.34. The van der Waals surface area contributed by atoms with E-state index >= 15 is 0 Å². The van der Waals surface area contributed by atoms with Gasteiger partial charge in [-0.2, -0.15) is 5.26 Å². The highest BCUT2D eigenvalue weighted by Crippen LogP contribution is 2.15. The topological polar surface area (TPSA) is 118 Å². The second-order valence-corrected chi connectivity index (χ2v) is 5.94. The van der Waals surface area contributed by atoms with Crippen LogP contribution in [0.1, 0.15) is 18.4 Å².